The van der Waals surface area contributed by atoms with Crippen molar-refractivity contribution in [2.75, 3.05) is 26.4 Å². The number of hydrogen-bond acceptors (Lipinski definition) is 18. The summed E-state index contributed by atoms with van der Waals surface area (Å²) in [6.45, 7) is 1.61. The van der Waals surface area contributed by atoms with E-state index in [-0.39, 0.29) is 18.9 Å². The molecule has 12 N–H and O–H groups in total. The van der Waals surface area contributed by atoms with Gasteiger partial charge >= 0.3 is 0 Å². The molecule has 3 fully saturated rings. The molecule has 1 amide bonds. The standard InChI is InChI=1S/C71H125NO18/c1-3-5-7-9-11-13-15-17-19-21-23-25-27-29-31-33-35-37-39-41-43-45-47-49-59(77)72-54(55(76)48-46-44-42-40-38-36-34-32-30-28-26-24-22-20-18-16-14-12-10-8-6-4-2)53-85-69-65(83)62(80)67(57(51-74)87-69)90-71-66(84)63(81)68(58(52-75)88-71)89-70-64(82)61(79)60(78)56(50-73)86-70/h5,7,11,13,17,19,23,25,38,40,46,48,54-58,60-71,73-76,78-84H,3-4,6,8-10,12,14-16,18,20-22,24,26-37,39,41-45,47,49-53H2,1-2H3,(H,72,77)/b7-5-,13-11-,19-17-,25-23-,40-38+,48-46+. The minimum absolute atomic E-state index is 0.227. The van der Waals surface area contributed by atoms with Crippen molar-refractivity contribution in [2.24, 2.45) is 0 Å². The lowest BCUT2D eigenvalue weighted by Gasteiger charge is -2.48. The average Bonchev–Trinajstić information content (AvgIpc) is 0.865. The topological polar surface area (TPSA) is 307 Å². The van der Waals surface area contributed by atoms with Crippen molar-refractivity contribution in [3.05, 3.63) is 72.9 Å². The van der Waals surface area contributed by atoms with Crippen LogP contribution in [-0.2, 0) is 33.2 Å². The molecule has 522 valence electrons. The Kier molecular flexibility index (Phi) is 47.5. The van der Waals surface area contributed by atoms with E-state index in [1.807, 2.05) is 6.08 Å². The summed E-state index contributed by atoms with van der Waals surface area (Å²) in [5.74, 6) is -0.291. The number of unbranched alkanes of at least 4 members (excludes halogenated alkanes) is 27. The molecule has 0 aromatic carbocycles. The number of carbonyl (C=O) groups excluding carboxylic acids is 1. The van der Waals surface area contributed by atoms with Crippen molar-refractivity contribution < 1.29 is 89.4 Å². The normalized spacial score (nSPS) is 28.5. The second kappa shape index (κ2) is 52.5. The second-order valence-corrected chi connectivity index (χ2v) is 25.0. The van der Waals surface area contributed by atoms with Gasteiger partial charge in [0.2, 0.25) is 5.91 Å². The molecular weight excluding hydrogens is 1150 g/mol. The third-order valence-corrected chi connectivity index (χ3v) is 17.2. The Morgan fingerprint density at radius 2 is 0.778 bits per heavy atom. The number of amides is 1. The third-order valence-electron chi connectivity index (χ3n) is 17.2. The van der Waals surface area contributed by atoms with Crippen LogP contribution in [-0.4, -0.2) is 193 Å². The minimum atomic E-state index is -1.98. The van der Waals surface area contributed by atoms with Gasteiger partial charge in [-0.05, 0) is 70.6 Å². The van der Waals surface area contributed by atoms with Crippen LogP contribution in [0.15, 0.2) is 72.9 Å². The molecule has 0 saturated carbocycles. The monoisotopic (exact) mass is 1280 g/mol. The molecule has 17 unspecified atom stereocenters. The van der Waals surface area contributed by atoms with Crippen molar-refractivity contribution in [1.82, 2.24) is 5.32 Å². The van der Waals surface area contributed by atoms with Crippen LogP contribution < -0.4 is 5.32 Å². The van der Waals surface area contributed by atoms with Crippen LogP contribution in [0.3, 0.4) is 0 Å². The molecule has 0 radical (unpaired) electrons. The first-order chi connectivity index (χ1) is 43.8. The minimum Gasteiger partial charge on any atom is -0.394 e. The summed E-state index contributed by atoms with van der Waals surface area (Å²) in [5.41, 5.74) is 0. The maximum Gasteiger partial charge on any atom is 0.220 e. The largest absolute Gasteiger partial charge is 0.394 e. The number of nitrogens with one attached hydrogen (secondary N) is 1. The zero-order valence-corrected chi connectivity index (χ0v) is 55.1. The van der Waals surface area contributed by atoms with E-state index in [9.17, 15) is 61.0 Å². The van der Waals surface area contributed by atoms with Gasteiger partial charge in [0.1, 0.15) is 73.2 Å². The first kappa shape index (κ1) is 81.5. The summed E-state index contributed by atoms with van der Waals surface area (Å²) < 4.78 is 34.3. The van der Waals surface area contributed by atoms with Gasteiger partial charge in [-0.3, -0.25) is 4.79 Å². The first-order valence-electron chi connectivity index (χ1n) is 35.2. The van der Waals surface area contributed by atoms with Gasteiger partial charge in [-0.25, -0.2) is 0 Å². The van der Waals surface area contributed by atoms with Crippen LogP contribution in [0.2, 0.25) is 0 Å². The van der Waals surface area contributed by atoms with E-state index in [0.29, 0.717) is 12.8 Å². The van der Waals surface area contributed by atoms with Gasteiger partial charge in [0.25, 0.3) is 0 Å². The van der Waals surface area contributed by atoms with Crippen LogP contribution in [0, 0.1) is 0 Å². The highest BCUT2D eigenvalue weighted by Crippen LogP contribution is 2.33. The van der Waals surface area contributed by atoms with Gasteiger partial charge in [0.15, 0.2) is 18.9 Å². The van der Waals surface area contributed by atoms with Gasteiger partial charge < -0.3 is 89.9 Å². The van der Waals surface area contributed by atoms with Gasteiger partial charge in [0, 0.05) is 6.42 Å². The molecule has 0 spiro atoms. The van der Waals surface area contributed by atoms with Crippen LogP contribution in [0.5, 0.6) is 0 Å². The summed E-state index contributed by atoms with van der Waals surface area (Å²) >= 11 is 0. The maximum absolute atomic E-state index is 13.4. The van der Waals surface area contributed by atoms with Crippen LogP contribution in [0.25, 0.3) is 0 Å². The lowest BCUT2D eigenvalue weighted by molar-refractivity contribution is -0.379. The predicted molar refractivity (Wildman–Crippen MR) is 351 cm³/mol. The van der Waals surface area contributed by atoms with Crippen LogP contribution in [0.4, 0.5) is 0 Å². The highest BCUT2D eigenvalue weighted by Gasteiger charge is 2.53. The van der Waals surface area contributed by atoms with E-state index in [1.54, 1.807) is 6.08 Å². The number of rotatable bonds is 53. The molecule has 3 saturated heterocycles. The quantitative estimate of drug-likeness (QED) is 0.0199. The zero-order valence-electron chi connectivity index (χ0n) is 55.1. The summed E-state index contributed by atoms with van der Waals surface area (Å²) in [6, 6.07) is -0.997. The van der Waals surface area contributed by atoms with Gasteiger partial charge in [0.05, 0.1) is 38.6 Å². The molecule has 90 heavy (non-hydrogen) atoms. The van der Waals surface area contributed by atoms with Gasteiger partial charge in [-0.15, -0.1) is 0 Å². The fourth-order valence-electron chi connectivity index (χ4n) is 11.6. The van der Waals surface area contributed by atoms with Crippen LogP contribution >= 0.6 is 0 Å². The van der Waals surface area contributed by atoms with Crippen molar-refractivity contribution in [3.63, 3.8) is 0 Å². The number of allylic oxidation sites excluding steroid dienone is 11. The first-order valence-corrected chi connectivity index (χ1v) is 35.2. The summed E-state index contributed by atoms with van der Waals surface area (Å²) in [4.78, 5) is 13.4. The van der Waals surface area contributed by atoms with E-state index >= 15 is 0 Å². The fourth-order valence-corrected chi connectivity index (χ4v) is 11.6. The lowest BCUT2D eigenvalue weighted by atomic mass is 9.96. The Morgan fingerprint density at radius 3 is 1.24 bits per heavy atom. The molecule has 17 atom stereocenters. The highest BCUT2D eigenvalue weighted by molar-refractivity contribution is 5.76. The Balaban J connectivity index is 1.45. The molecule has 19 heteroatoms. The SMILES string of the molecule is CC/C=C\C/C=C\C/C=C\C/C=C\CCCCCCCCCCCCC(=O)NC(COC1OC(CO)C(OC2OC(CO)C(OC3OC(CO)C(O)C(O)C3O)C(O)C2O)C(O)C1O)C(O)/C=C/CC/C=C/CCCCCCCCCCCCCCCCCC. The molecule has 0 aliphatic carbocycles. The predicted octanol–water partition coefficient (Wildman–Crippen LogP) is 9.33. The van der Waals surface area contributed by atoms with E-state index in [1.165, 1.54) is 128 Å². The molecule has 3 rings (SSSR count). The Labute approximate surface area is 540 Å². The summed E-state index contributed by atoms with van der Waals surface area (Å²) in [7, 11) is 0. The lowest BCUT2D eigenvalue weighted by Crippen LogP contribution is -2.66. The maximum atomic E-state index is 13.4. The zero-order chi connectivity index (χ0) is 65.4. The Morgan fingerprint density at radius 1 is 0.411 bits per heavy atom. The average molecular weight is 1280 g/mol. The second-order valence-electron chi connectivity index (χ2n) is 25.0. The van der Waals surface area contributed by atoms with Crippen molar-refractivity contribution >= 4 is 5.91 Å². The molecule has 19 nitrogen and oxygen atoms in total. The molecule has 3 heterocycles. The van der Waals surface area contributed by atoms with E-state index in [4.69, 9.17) is 28.4 Å². The third kappa shape index (κ3) is 34.1. The van der Waals surface area contributed by atoms with E-state index < -0.39 is 124 Å². The number of aliphatic hydroxyl groups is 11. The number of aliphatic hydroxyl groups excluding tert-OH is 11. The molecule has 3 aliphatic rings. The Bertz CT molecular complexity index is 1920. The molecular formula is C71H125NO18. The number of hydrogen-bond donors (Lipinski definition) is 12. The smallest absolute Gasteiger partial charge is 0.220 e. The van der Waals surface area contributed by atoms with Gasteiger partial charge in [-0.2, -0.15) is 0 Å². The summed E-state index contributed by atoms with van der Waals surface area (Å²) in [6.07, 6.45) is 38.7. The molecule has 3 aliphatic heterocycles. The molecule has 0 aromatic heterocycles. The van der Waals surface area contributed by atoms with E-state index in [2.05, 4.69) is 79.9 Å². The van der Waals surface area contributed by atoms with Crippen molar-refractivity contribution in [1.29, 1.82) is 0 Å². The number of carbonyl (C=O) groups is 1. The summed E-state index contributed by atoms with van der Waals surface area (Å²) in [5, 5.41) is 121. The van der Waals surface area contributed by atoms with E-state index in [0.717, 1.165) is 77.0 Å². The molecule has 0 bridgehead atoms. The van der Waals surface area contributed by atoms with Crippen molar-refractivity contribution in [2.45, 2.75) is 343 Å². The van der Waals surface area contributed by atoms with Crippen molar-refractivity contribution in [3.8, 4) is 0 Å². The van der Waals surface area contributed by atoms with Gasteiger partial charge in [-0.1, -0.05) is 234 Å². The highest BCUT2D eigenvalue weighted by atomic mass is 16.8. The number of ether oxygens (including phenoxy) is 6. The van der Waals surface area contributed by atoms with Crippen LogP contribution in [0.1, 0.15) is 239 Å². The fraction of sp³-hybridized carbons (Fsp3) is 0.817. The Hall–Kier alpha value is -2.77. The molecule has 0 aromatic rings.